The van der Waals surface area contributed by atoms with Gasteiger partial charge in [0.2, 0.25) is 0 Å². The van der Waals surface area contributed by atoms with Crippen molar-refractivity contribution >= 4 is 56.0 Å². The Bertz CT molecular complexity index is 1250. The van der Waals surface area contributed by atoms with E-state index in [4.69, 9.17) is 39.5 Å². The summed E-state index contributed by atoms with van der Waals surface area (Å²) in [6.07, 6.45) is 1.76. The highest BCUT2D eigenvalue weighted by Crippen LogP contribution is 2.43. The minimum Gasteiger partial charge on any atom is -0.456 e. The van der Waals surface area contributed by atoms with Crippen LogP contribution in [-0.4, -0.2) is 14.7 Å². The van der Waals surface area contributed by atoms with E-state index < -0.39 is 9.84 Å². The van der Waals surface area contributed by atoms with E-state index in [1.807, 2.05) is 30.3 Å². The number of hydrogen-bond acceptors (Lipinski definition) is 3. The van der Waals surface area contributed by atoms with Crippen LogP contribution in [0.15, 0.2) is 65.6 Å². The number of fused-ring (bicyclic) bond motifs is 1. The molecule has 0 unspecified atom stereocenters. The molecule has 148 valence electrons. The van der Waals surface area contributed by atoms with Crippen LogP contribution in [0.5, 0.6) is 5.75 Å². The van der Waals surface area contributed by atoms with Crippen LogP contribution in [0.25, 0.3) is 11.3 Å². The molecule has 3 nitrogen and oxygen atoms in total. The van der Waals surface area contributed by atoms with E-state index in [0.717, 1.165) is 28.0 Å². The van der Waals surface area contributed by atoms with Crippen LogP contribution in [0.4, 0.5) is 0 Å². The highest BCUT2D eigenvalue weighted by atomic mass is 35.5. The molecule has 0 spiro atoms. The lowest BCUT2D eigenvalue weighted by molar-refractivity contribution is 0.502. The molecule has 0 aromatic heterocycles. The standard InChI is InChI=1S/C22H15Cl3O3S/c1-29(26,27)15-8-6-13(7-9-15)22-17(12-14-4-2-3-5-19(14)28-22)16-10-11-18(23)21(25)20(16)24/h2-11H,12H2,1H3. The molecule has 3 aromatic carbocycles. The fourth-order valence-corrected chi connectivity index (χ4v) is 4.53. The second-order valence-corrected chi connectivity index (χ2v) is 9.89. The van der Waals surface area contributed by atoms with Crippen molar-refractivity contribution < 1.29 is 13.2 Å². The van der Waals surface area contributed by atoms with Crippen LogP contribution in [0.3, 0.4) is 0 Å². The van der Waals surface area contributed by atoms with Crippen molar-refractivity contribution in [2.24, 2.45) is 0 Å². The summed E-state index contributed by atoms with van der Waals surface area (Å²) in [5.41, 5.74) is 3.32. The van der Waals surface area contributed by atoms with Gasteiger partial charge in [-0.3, -0.25) is 0 Å². The quantitative estimate of drug-likeness (QED) is 0.412. The van der Waals surface area contributed by atoms with Gasteiger partial charge in [0.15, 0.2) is 9.84 Å². The molecule has 1 aliphatic heterocycles. The molecule has 0 radical (unpaired) electrons. The molecule has 4 rings (SSSR count). The number of benzene rings is 3. The number of ether oxygens (including phenoxy) is 1. The molecule has 0 saturated heterocycles. The second-order valence-electron chi connectivity index (χ2n) is 6.71. The first-order chi connectivity index (χ1) is 13.8. The lowest BCUT2D eigenvalue weighted by atomic mass is 9.92. The molecule has 0 atom stereocenters. The Morgan fingerprint density at radius 1 is 0.862 bits per heavy atom. The van der Waals surface area contributed by atoms with E-state index in [-0.39, 0.29) is 9.92 Å². The third-order valence-electron chi connectivity index (χ3n) is 4.73. The number of sulfone groups is 1. The zero-order valence-corrected chi connectivity index (χ0v) is 18.3. The minimum atomic E-state index is -3.29. The van der Waals surface area contributed by atoms with Crippen LogP contribution < -0.4 is 4.74 Å². The van der Waals surface area contributed by atoms with Crippen molar-refractivity contribution in [3.05, 3.63) is 92.4 Å². The summed E-state index contributed by atoms with van der Waals surface area (Å²) in [7, 11) is -3.29. The van der Waals surface area contributed by atoms with Gasteiger partial charge in [0, 0.05) is 29.4 Å². The first-order valence-corrected chi connectivity index (χ1v) is 11.7. The van der Waals surface area contributed by atoms with E-state index in [1.165, 1.54) is 6.26 Å². The smallest absolute Gasteiger partial charge is 0.175 e. The molecule has 0 amide bonds. The highest BCUT2D eigenvalue weighted by molar-refractivity contribution is 7.90. The fraction of sp³-hybridized carbons (Fsp3) is 0.0909. The van der Waals surface area contributed by atoms with Crippen molar-refractivity contribution in [3.8, 4) is 5.75 Å². The Kier molecular flexibility index (Phi) is 5.38. The minimum absolute atomic E-state index is 0.243. The summed E-state index contributed by atoms with van der Waals surface area (Å²) < 4.78 is 29.8. The molecule has 0 aliphatic carbocycles. The monoisotopic (exact) mass is 464 g/mol. The largest absolute Gasteiger partial charge is 0.456 e. The predicted octanol–water partition coefficient (Wildman–Crippen LogP) is 6.55. The fourth-order valence-electron chi connectivity index (χ4n) is 3.25. The third kappa shape index (κ3) is 3.90. The molecule has 29 heavy (non-hydrogen) atoms. The second kappa shape index (κ2) is 7.69. The molecular weight excluding hydrogens is 451 g/mol. The van der Waals surface area contributed by atoms with Crippen LogP contribution in [0.2, 0.25) is 15.1 Å². The van der Waals surface area contributed by atoms with Gasteiger partial charge in [0.25, 0.3) is 0 Å². The molecule has 7 heteroatoms. The summed E-state index contributed by atoms with van der Waals surface area (Å²) in [4.78, 5) is 0.243. The van der Waals surface area contributed by atoms with E-state index >= 15 is 0 Å². The Morgan fingerprint density at radius 3 is 2.24 bits per heavy atom. The maximum absolute atomic E-state index is 11.8. The number of allylic oxidation sites excluding steroid dienone is 1. The van der Waals surface area contributed by atoms with Gasteiger partial charge in [-0.25, -0.2) is 8.42 Å². The molecule has 1 heterocycles. The van der Waals surface area contributed by atoms with Gasteiger partial charge in [0.1, 0.15) is 11.5 Å². The van der Waals surface area contributed by atoms with Crippen LogP contribution in [0.1, 0.15) is 16.7 Å². The van der Waals surface area contributed by atoms with Gasteiger partial charge < -0.3 is 4.74 Å². The van der Waals surface area contributed by atoms with E-state index in [2.05, 4.69) is 0 Å². The topological polar surface area (TPSA) is 43.4 Å². The van der Waals surface area contributed by atoms with Crippen molar-refractivity contribution in [1.82, 2.24) is 0 Å². The summed E-state index contributed by atoms with van der Waals surface area (Å²) in [6, 6.07) is 17.8. The Morgan fingerprint density at radius 2 is 1.55 bits per heavy atom. The van der Waals surface area contributed by atoms with Crippen molar-refractivity contribution in [2.75, 3.05) is 6.26 Å². The summed E-state index contributed by atoms with van der Waals surface area (Å²) >= 11 is 18.9. The average Bonchev–Trinajstić information content (AvgIpc) is 2.71. The number of hydrogen-bond donors (Lipinski definition) is 0. The van der Waals surface area contributed by atoms with Crippen LogP contribution in [-0.2, 0) is 16.3 Å². The number of para-hydroxylation sites is 1. The van der Waals surface area contributed by atoms with Gasteiger partial charge in [0.05, 0.1) is 20.0 Å². The van der Waals surface area contributed by atoms with E-state index in [0.29, 0.717) is 22.2 Å². The predicted molar refractivity (Wildman–Crippen MR) is 119 cm³/mol. The first-order valence-electron chi connectivity index (χ1n) is 8.69. The van der Waals surface area contributed by atoms with Crippen molar-refractivity contribution in [1.29, 1.82) is 0 Å². The van der Waals surface area contributed by atoms with Gasteiger partial charge in [-0.1, -0.05) is 59.1 Å². The lowest BCUT2D eigenvalue weighted by Gasteiger charge is -2.25. The van der Waals surface area contributed by atoms with Crippen LogP contribution >= 0.6 is 34.8 Å². The van der Waals surface area contributed by atoms with Gasteiger partial charge >= 0.3 is 0 Å². The highest BCUT2D eigenvalue weighted by Gasteiger charge is 2.25. The summed E-state index contributed by atoms with van der Waals surface area (Å²) in [5.74, 6) is 1.35. The summed E-state index contributed by atoms with van der Waals surface area (Å²) in [6.45, 7) is 0. The third-order valence-corrected chi connectivity index (χ3v) is 7.15. The average molecular weight is 466 g/mol. The van der Waals surface area contributed by atoms with Crippen LogP contribution in [0, 0.1) is 0 Å². The van der Waals surface area contributed by atoms with Gasteiger partial charge in [-0.05, 0) is 42.0 Å². The molecule has 0 N–H and O–H groups in total. The maximum Gasteiger partial charge on any atom is 0.175 e. The first kappa shape index (κ1) is 20.3. The molecule has 0 saturated carbocycles. The Hall–Kier alpha value is -1.98. The maximum atomic E-state index is 11.8. The van der Waals surface area contributed by atoms with E-state index in [9.17, 15) is 8.42 Å². The SMILES string of the molecule is CS(=O)(=O)c1ccc(C2=C(c3ccc(Cl)c(Cl)c3Cl)Cc3ccccc3O2)cc1. The summed E-state index contributed by atoms with van der Waals surface area (Å²) in [5, 5.41) is 1.00. The lowest BCUT2D eigenvalue weighted by Crippen LogP contribution is -2.10. The van der Waals surface area contributed by atoms with Gasteiger partial charge in [-0.2, -0.15) is 0 Å². The Labute approximate surface area is 184 Å². The molecule has 0 bridgehead atoms. The number of halogens is 3. The number of rotatable bonds is 3. The van der Waals surface area contributed by atoms with Crippen molar-refractivity contribution in [2.45, 2.75) is 11.3 Å². The van der Waals surface area contributed by atoms with Gasteiger partial charge in [-0.15, -0.1) is 0 Å². The van der Waals surface area contributed by atoms with E-state index in [1.54, 1.807) is 30.3 Å². The molecule has 0 fully saturated rings. The van der Waals surface area contributed by atoms with Crippen molar-refractivity contribution in [3.63, 3.8) is 0 Å². The zero-order chi connectivity index (χ0) is 20.8. The zero-order valence-electron chi connectivity index (χ0n) is 15.2. The Balaban J connectivity index is 1.91. The normalized spacial score (nSPS) is 13.8. The molecular formula is C22H15Cl3O3S. The molecule has 1 aliphatic rings. The molecule has 3 aromatic rings.